The van der Waals surface area contributed by atoms with E-state index in [2.05, 4.69) is 0 Å². The van der Waals surface area contributed by atoms with Crippen LogP contribution in [0.3, 0.4) is 0 Å². The molecule has 9 nitrogen and oxygen atoms in total. The first-order valence-electron chi connectivity index (χ1n) is 8.21. The minimum Gasteiger partial charge on any atom is -0.504 e. The number of aliphatic carboxylic acids is 2. The summed E-state index contributed by atoms with van der Waals surface area (Å²) in [4.78, 5) is 21.4. The minimum absolute atomic E-state index is 0.0541. The molecule has 9 heteroatoms. The van der Waals surface area contributed by atoms with Gasteiger partial charge in [-0.3, -0.25) is 0 Å². The summed E-state index contributed by atoms with van der Waals surface area (Å²) in [5, 5.41) is 37.9. The van der Waals surface area contributed by atoms with E-state index in [1.807, 2.05) is 13.8 Å². The number of rotatable bonds is 6. The van der Waals surface area contributed by atoms with Crippen LogP contribution in [0.5, 0.6) is 34.5 Å². The van der Waals surface area contributed by atoms with Crippen LogP contribution in [0.2, 0.25) is 0 Å². The van der Waals surface area contributed by atoms with E-state index < -0.39 is 30.6 Å². The van der Waals surface area contributed by atoms with Gasteiger partial charge in [-0.05, 0) is 12.1 Å². The van der Waals surface area contributed by atoms with E-state index in [1.54, 1.807) is 0 Å². The van der Waals surface area contributed by atoms with Gasteiger partial charge in [0.25, 0.3) is 0 Å². The van der Waals surface area contributed by atoms with Gasteiger partial charge in [0.1, 0.15) is 11.5 Å². The van der Waals surface area contributed by atoms with Crippen LogP contribution in [-0.2, 0) is 15.0 Å². The van der Waals surface area contributed by atoms with Crippen molar-refractivity contribution in [2.24, 2.45) is 0 Å². The van der Waals surface area contributed by atoms with Gasteiger partial charge in [-0.15, -0.1) is 0 Å². The van der Waals surface area contributed by atoms with Crippen molar-refractivity contribution in [2.75, 3.05) is 13.2 Å². The lowest BCUT2D eigenvalue weighted by molar-refractivity contribution is -0.140. The number of phenols is 2. The standard InChI is InChI=1S/C19H18O9/c1-19(2)9-3-11(20)15(26-7-17(22)23)5-13(9)28-14-6-16(27-8-18(24)25)12(21)4-10(14)19/h3-6,20-21H,7-8H2,1-2H3,(H,22,23)(H,24,25). The summed E-state index contributed by atoms with van der Waals surface area (Å²) in [6, 6.07) is 5.59. The number of carboxylic acids is 2. The van der Waals surface area contributed by atoms with Gasteiger partial charge in [0, 0.05) is 28.7 Å². The number of carbonyl (C=O) groups is 2. The van der Waals surface area contributed by atoms with E-state index >= 15 is 0 Å². The highest BCUT2D eigenvalue weighted by molar-refractivity contribution is 5.70. The second-order valence-corrected chi connectivity index (χ2v) is 6.72. The molecule has 0 aromatic heterocycles. The van der Waals surface area contributed by atoms with Crippen LogP contribution >= 0.6 is 0 Å². The molecule has 4 N–H and O–H groups in total. The lowest BCUT2D eigenvalue weighted by atomic mass is 9.75. The number of benzene rings is 2. The van der Waals surface area contributed by atoms with Gasteiger partial charge < -0.3 is 34.6 Å². The van der Waals surface area contributed by atoms with E-state index in [1.165, 1.54) is 24.3 Å². The molecule has 148 valence electrons. The normalized spacial score (nSPS) is 13.6. The highest BCUT2D eigenvalue weighted by Gasteiger charge is 2.36. The maximum absolute atomic E-state index is 10.7. The lowest BCUT2D eigenvalue weighted by Gasteiger charge is -2.35. The number of hydrogen-bond acceptors (Lipinski definition) is 7. The Bertz CT molecular complexity index is 887. The summed E-state index contributed by atoms with van der Waals surface area (Å²) in [5.41, 5.74) is 0.492. The van der Waals surface area contributed by atoms with Crippen LogP contribution in [0.4, 0.5) is 0 Å². The Morgan fingerprint density at radius 1 is 0.857 bits per heavy atom. The molecule has 28 heavy (non-hydrogen) atoms. The van der Waals surface area contributed by atoms with Crippen molar-refractivity contribution in [3.8, 4) is 34.5 Å². The maximum Gasteiger partial charge on any atom is 0.341 e. The Morgan fingerprint density at radius 3 is 1.61 bits per heavy atom. The molecule has 1 aliphatic heterocycles. The highest BCUT2D eigenvalue weighted by Crippen LogP contribution is 2.53. The molecule has 0 fully saturated rings. The molecular formula is C19H18O9. The van der Waals surface area contributed by atoms with Crippen LogP contribution in [0.25, 0.3) is 0 Å². The first-order valence-corrected chi connectivity index (χ1v) is 8.21. The van der Waals surface area contributed by atoms with E-state index in [0.29, 0.717) is 22.6 Å². The molecule has 1 heterocycles. The monoisotopic (exact) mass is 390 g/mol. The van der Waals surface area contributed by atoms with Gasteiger partial charge in [-0.25, -0.2) is 9.59 Å². The average molecular weight is 390 g/mol. The topological polar surface area (TPSA) is 143 Å². The molecule has 0 aliphatic carbocycles. The number of carboxylic acid groups (broad SMARTS) is 2. The van der Waals surface area contributed by atoms with Gasteiger partial charge in [0.2, 0.25) is 0 Å². The second kappa shape index (κ2) is 6.84. The summed E-state index contributed by atoms with van der Waals surface area (Å²) in [5.74, 6) is -2.34. The Labute approximate surface area is 159 Å². The van der Waals surface area contributed by atoms with Crippen molar-refractivity contribution >= 4 is 11.9 Å². The fourth-order valence-corrected chi connectivity index (χ4v) is 3.02. The summed E-state index contributed by atoms with van der Waals surface area (Å²) >= 11 is 0. The van der Waals surface area contributed by atoms with Gasteiger partial charge in [-0.2, -0.15) is 0 Å². The number of aromatic hydroxyl groups is 2. The van der Waals surface area contributed by atoms with Crippen molar-refractivity contribution < 1.29 is 44.2 Å². The van der Waals surface area contributed by atoms with Crippen molar-refractivity contribution in [3.05, 3.63) is 35.4 Å². The number of fused-ring (bicyclic) bond motifs is 2. The summed E-state index contributed by atoms with van der Waals surface area (Å²) in [7, 11) is 0. The van der Waals surface area contributed by atoms with E-state index in [9.17, 15) is 19.8 Å². The first-order chi connectivity index (χ1) is 13.1. The quantitative estimate of drug-likeness (QED) is 0.585. The zero-order chi connectivity index (χ0) is 20.6. The minimum atomic E-state index is -1.19. The second-order valence-electron chi connectivity index (χ2n) is 6.72. The van der Waals surface area contributed by atoms with Crippen molar-refractivity contribution in [3.63, 3.8) is 0 Å². The predicted molar refractivity (Wildman–Crippen MR) is 94.7 cm³/mol. The number of hydrogen-bond donors (Lipinski definition) is 4. The number of phenolic OH excluding ortho intramolecular Hbond substituents is 2. The third-order valence-corrected chi connectivity index (χ3v) is 4.39. The largest absolute Gasteiger partial charge is 0.504 e. The zero-order valence-corrected chi connectivity index (χ0v) is 15.1. The summed E-state index contributed by atoms with van der Waals surface area (Å²) < 4.78 is 16.0. The molecule has 2 aromatic rings. The molecule has 0 radical (unpaired) electrons. The summed E-state index contributed by atoms with van der Waals surface area (Å²) in [6.07, 6.45) is 0. The van der Waals surface area contributed by atoms with Gasteiger partial charge in [0.15, 0.2) is 36.2 Å². The molecule has 0 amide bonds. The first kappa shape index (κ1) is 19.2. The van der Waals surface area contributed by atoms with Crippen LogP contribution in [-0.4, -0.2) is 45.6 Å². The zero-order valence-electron chi connectivity index (χ0n) is 15.1. The Balaban J connectivity index is 2.03. The van der Waals surface area contributed by atoms with Crippen LogP contribution in [0.1, 0.15) is 25.0 Å². The van der Waals surface area contributed by atoms with Crippen LogP contribution in [0.15, 0.2) is 24.3 Å². The third kappa shape index (κ3) is 3.46. The molecule has 3 rings (SSSR count). The molecule has 0 bridgehead atoms. The van der Waals surface area contributed by atoms with E-state index in [0.717, 1.165) is 0 Å². The van der Waals surface area contributed by atoms with Crippen LogP contribution in [0, 0.1) is 0 Å². The van der Waals surface area contributed by atoms with Gasteiger partial charge in [-0.1, -0.05) is 13.8 Å². The maximum atomic E-state index is 10.7. The fourth-order valence-electron chi connectivity index (χ4n) is 3.02. The molecule has 0 atom stereocenters. The van der Waals surface area contributed by atoms with Crippen LogP contribution < -0.4 is 14.2 Å². The highest BCUT2D eigenvalue weighted by atomic mass is 16.5. The molecule has 0 saturated carbocycles. The smallest absolute Gasteiger partial charge is 0.341 e. The molecule has 0 saturated heterocycles. The molecule has 2 aromatic carbocycles. The molecule has 0 unspecified atom stereocenters. The van der Waals surface area contributed by atoms with Crippen molar-refractivity contribution in [2.45, 2.75) is 19.3 Å². The van der Waals surface area contributed by atoms with Gasteiger partial charge >= 0.3 is 11.9 Å². The predicted octanol–water partition coefficient (Wildman–Crippen LogP) is 2.46. The lowest BCUT2D eigenvalue weighted by Crippen LogP contribution is -2.24. The Kier molecular flexibility index (Phi) is 4.68. The summed E-state index contributed by atoms with van der Waals surface area (Å²) in [6.45, 7) is 2.43. The van der Waals surface area contributed by atoms with Gasteiger partial charge in [0.05, 0.1) is 0 Å². The average Bonchev–Trinajstić information content (AvgIpc) is 2.60. The molecule has 0 spiro atoms. The van der Waals surface area contributed by atoms with Crippen molar-refractivity contribution in [1.82, 2.24) is 0 Å². The van der Waals surface area contributed by atoms with E-state index in [-0.39, 0.29) is 23.0 Å². The molecule has 1 aliphatic rings. The van der Waals surface area contributed by atoms with E-state index in [4.69, 9.17) is 24.4 Å². The third-order valence-electron chi connectivity index (χ3n) is 4.39. The fraction of sp³-hybridized carbons (Fsp3) is 0.263. The van der Waals surface area contributed by atoms with Crippen molar-refractivity contribution in [1.29, 1.82) is 0 Å². The Hall–Kier alpha value is -3.62. The number of ether oxygens (including phenoxy) is 3. The molecular weight excluding hydrogens is 372 g/mol. The Morgan fingerprint density at radius 2 is 1.25 bits per heavy atom. The SMILES string of the molecule is CC1(C)c2cc(O)c(OCC(=O)O)cc2Oc2cc(OCC(=O)O)c(O)cc21.